The molecule has 2 aromatic rings. The zero-order valence-electron chi connectivity index (χ0n) is 14.6. The van der Waals surface area contributed by atoms with Gasteiger partial charge in [0.2, 0.25) is 0 Å². The summed E-state index contributed by atoms with van der Waals surface area (Å²) in [5.41, 5.74) is 1.94. The number of carbonyl (C=O) groups excluding carboxylic acids is 1. The third kappa shape index (κ3) is 4.79. The molecule has 0 aliphatic carbocycles. The summed E-state index contributed by atoms with van der Waals surface area (Å²) in [6, 6.07) is 13.0. The highest BCUT2D eigenvalue weighted by atomic mass is 16.7. The van der Waals surface area contributed by atoms with Crippen LogP contribution in [0.15, 0.2) is 42.5 Å². The zero-order chi connectivity index (χ0) is 17.6. The normalized spacial score (nSPS) is 17.3. The number of carbonyl (C=O) groups is 1. The summed E-state index contributed by atoms with van der Waals surface area (Å²) < 4.78 is 16.6. The summed E-state index contributed by atoms with van der Waals surface area (Å²) in [7, 11) is 0. The Morgan fingerprint density at radius 2 is 1.96 bits per heavy atom. The molecule has 1 atom stereocenters. The second-order valence-electron chi connectivity index (χ2n) is 6.30. The minimum Gasteiger partial charge on any atom is -0.465 e. The number of hydrogen-bond acceptors (Lipinski definition) is 5. The second kappa shape index (κ2) is 8.12. The van der Waals surface area contributed by atoms with Crippen LogP contribution in [0.25, 0.3) is 11.3 Å². The number of aromatic nitrogens is 1. The molecule has 5 heteroatoms. The minimum atomic E-state index is -0.411. The Balaban J connectivity index is 1.70. The lowest BCUT2D eigenvalue weighted by atomic mass is 10.1. The Hall–Kier alpha value is -2.40. The van der Waals surface area contributed by atoms with Crippen molar-refractivity contribution in [1.82, 2.24) is 4.98 Å². The van der Waals surface area contributed by atoms with Crippen LogP contribution in [0.1, 0.15) is 43.6 Å². The van der Waals surface area contributed by atoms with Crippen LogP contribution in [0.4, 0.5) is 0 Å². The fourth-order valence-corrected chi connectivity index (χ4v) is 2.64. The molecule has 1 aliphatic rings. The molecule has 2 heterocycles. The zero-order valence-corrected chi connectivity index (χ0v) is 14.6. The van der Waals surface area contributed by atoms with Crippen LogP contribution in [0, 0.1) is 0 Å². The first-order chi connectivity index (χ1) is 12.1. The summed E-state index contributed by atoms with van der Waals surface area (Å²) in [4.78, 5) is 16.4. The Bertz CT molecular complexity index is 706. The average molecular weight is 341 g/mol. The Morgan fingerprint density at radius 1 is 1.16 bits per heavy atom. The molecule has 0 N–H and O–H groups in total. The van der Waals surface area contributed by atoms with E-state index >= 15 is 0 Å². The average Bonchev–Trinajstić information content (AvgIpc) is 2.63. The van der Waals surface area contributed by atoms with E-state index in [1.165, 1.54) is 0 Å². The Kier molecular flexibility index (Phi) is 5.66. The van der Waals surface area contributed by atoms with Gasteiger partial charge >= 0.3 is 5.97 Å². The summed E-state index contributed by atoms with van der Waals surface area (Å²) in [5, 5.41) is 0. The third-order valence-corrected chi connectivity index (χ3v) is 3.86. The van der Waals surface area contributed by atoms with Crippen LogP contribution >= 0.6 is 0 Å². The number of rotatable bonds is 5. The first-order valence-corrected chi connectivity index (χ1v) is 8.68. The van der Waals surface area contributed by atoms with E-state index in [4.69, 9.17) is 14.2 Å². The van der Waals surface area contributed by atoms with Crippen molar-refractivity contribution in [1.29, 1.82) is 0 Å². The highest BCUT2D eigenvalue weighted by molar-refractivity contribution is 5.88. The quantitative estimate of drug-likeness (QED) is 0.762. The van der Waals surface area contributed by atoms with Crippen LogP contribution < -0.4 is 4.74 Å². The van der Waals surface area contributed by atoms with Gasteiger partial charge in [-0.3, -0.25) is 0 Å². The molecular weight excluding hydrogens is 318 g/mol. The monoisotopic (exact) mass is 341 g/mol. The lowest BCUT2D eigenvalue weighted by molar-refractivity contribution is -0.105. The summed E-state index contributed by atoms with van der Waals surface area (Å²) in [6.45, 7) is 4.39. The molecule has 5 nitrogen and oxygen atoms in total. The molecule has 0 bridgehead atoms. The van der Waals surface area contributed by atoms with Gasteiger partial charge in [-0.05, 0) is 63.1 Å². The van der Waals surface area contributed by atoms with Crippen molar-refractivity contribution in [2.24, 2.45) is 0 Å². The molecule has 25 heavy (non-hydrogen) atoms. The van der Waals surface area contributed by atoms with Crippen molar-refractivity contribution >= 4 is 5.97 Å². The first kappa shape index (κ1) is 17.4. The highest BCUT2D eigenvalue weighted by Gasteiger charge is 2.15. The molecule has 132 valence electrons. The van der Waals surface area contributed by atoms with Crippen molar-refractivity contribution in [2.75, 3.05) is 6.61 Å². The molecule has 0 spiro atoms. The Labute approximate surface area is 147 Å². The predicted octanol–water partition coefficient (Wildman–Crippen LogP) is 4.22. The maximum absolute atomic E-state index is 12.0. The molecule has 1 unspecified atom stereocenters. The Morgan fingerprint density at radius 3 is 2.64 bits per heavy atom. The summed E-state index contributed by atoms with van der Waals surface area (Å²) in [6.07, 6.45) is 2.82. The van der Waals surface area contributed by atoms with Gasteiger partial charge in [0.25, 0.3) is 0 Å². The summed E-state index contributed by atoms with van der Waals surface area (Å²) in [5.74, 6) is 0.359. The third-order valence-electron chi connectivity index (χ3n) is 3.86. The molecule has 0 radical (unpaired) electrons. The van der Waals surface area contributed by atoms with E-state index in [-0.39, 0.29) is 12.4 Å². The van der Waals surface area contributed by atoms with E-state index < -0.39 is 5.97 Å². The van der Waals surface area contributed by atoms with E-state index in [1.54, 1.807) is 12.1 Å². The van der Waals surface area contributed by atoms with Crippen molar-refractivity contribution in [3.05, 3.63) is 48.2 Å². The minimum absolute atomic E-state index is 0.160. The van der Waals surface area contributed by atoms with Gasteiger partial charge < -0.3 is 14.2 Å². The molecule has 1 fully saturated rings. The lowest BCUT2D eigenvalue weighted by Gasteiger charge is -2.23. The maximum atomic E-state index is 12.0. The van der Waals surface area contributed by atoms with Gasteiger partial charge in [-0.1, -0.05) is 6.07 Å². The standard InChI is InChI=1S/C20H23NO4/c1-14(2)24-20(22)18-7-5-6-17(21-18)15-9-11-16(12-10-15)25-19-8-3-4-13-23-19/h5-7,9-12,14,19H,3-4,8,13H2,1-2H3. The second-order valence-corrected chi connectivity index (χ2v) is 6.30. The van der Waals surface area contributed by atoms with Gasteiger partial charge in [0.15, 0.2) is 6.29 Å². The molecule has 3 rings (SSSR count). The van der Waals surface area contributed by atoms with Crippen molar-refractivity contribution < 1.29 is 19.0 Å². The van der Waals surface area contributed by atoms with Crippen molar-refractivity contribution in [2.45, 2.75) is 45.5 Å². The van der Waals surface area contributed by atoms with E-state index in [2.05, 4.69) is 4.98 Å². The SMILES string of the molecule is CC(C)OC(=O)c1cccc(-c2ccc(OC3CCCCO3)cc2)n1. The van der Waals surface area contributed by atoms with Gasteiger partial charge in [-0.25, -0.2) is 9.78 Å². The molecule has 1 saturated heterocycles. The van der Waals surface area contributed by atoms with Gasteiger partial charge in [-0.15, -0.1) is 0 Å². The number of ether oxygens (including phenoxy) is 3. The predicted molar refractivity (Wildman–Crippen MR) is 94.4 cm³/mol. The molecule has 1 aliphatic heterocycles. The number of esters is 1. The molecule has 1 aromatic carbocycles. The van der Waals surface area contributed by atoms with E-state index in [9.17, 15) is 4.79 Å². The van der Waals surface area contributed by atoms with Gasteiger partial charge in [0.1, 0.15) is 11.4 Å². The van der Waals surface area contributed by atoms with Crippen LogP contribution in [-0.2, 0) is 9.47 Å². The van der Waals surface area contributed by atoms with E-state index in [1.807, 2.05) is 44.2 Å². The molecule has 0 amide bonds. The maximum Gasteiger partial charge on any atom is 0.357 e. The molecule has 0 saturated carbocycles. The lowest BCUT2D eigenvalue weighted by Crippen LogP contribution is -2.24. The largest absolute Gasteiger partial charge is 0.465 e. The van der Waals surface area contributed by atoms with Crippen LogP contribution in [-0.4, -0.2) is 30.0 Å². The van der Waals surface area contributed by atoms with Crippen LogP contribution in [0.5, 0.6) is 5.75 Å². The van der Waals surface area contributed by atoms with Crippen LogP contribution in [0.3, 0.4) is 0 Å². The topological polar surface area (TPSA) is 57.7 Å². The smallest absolute Gasteiger partial charge is 0.357 e. The van der Waals surface area contributed by atoms with E-state index in [0.29, 0.717) is 5.69 Å². The van der Waals surface area contributed by atoms with Gasteiger partial charge in [0.05, 0.1) is 18.4 Å². The number of nitrogens with zero attached hydrogens (tertiary/aromatic N) is 1. The van der Waals surface area contributed by atoms with Crippen LogP contribution in [0.2, 0.25) is 0 Å². The van der Waals surface area contributed by atoms with Crippen molar-refractivity contribution in [3.63, 3.8) is 0 Å². The summed E-state index contributed by atoms with van der Waals surface area (Å²) >= 11 is 0. The molecule has 1 aromatic heterocycles. The fourth-order valence-electron chi connectivity index (χ4n) is 2.64. The number of benzene rings is 1. The van der Waals surface area contributed by atoms with Gasteiger partial charge in [0, 0.05) is 12.0 Å². The first-order valence-electron chi connectivity index (χ1n) is 8.68. The number of pyridine rings is 1. The van der Waals surface area contributed by atoms with Crippen molar-refractivity contribution in [3.8, 4) is 17.0 Å². The van der Waals surface area contributed by atoms with Gasteiger partial charge in [-0.2, -0.15) is 0 Å². The molecular formula is C20H23NO4. The highest BCUT2D eigenvalue weighted by Crippen LogP contribution is 2.24. The van der Waals surface area contributed by atoms with E-state index in [0.717, 1.165) is 42.9 Å². The fraction of sp³-hybridized carbons (Fsp3) is 0.400. The number of hydrogen-bond donors (Lipinski definition) is 0.